The summed E-state index contributed by atoms with van der Waals surface area (Å²) in [5.41, 5.74) is 7.64. The van der Waals surface area contributed by atoms with Crippen LogP contribution in [0.2, 0.25) is 0 Å². The molecule has 98 valence electrons. The van der Waals surface area contributed by atoms with Gasteiger partial charge in [0.1, 0.15) is 5.75 Å². The minimum Gasteiger partial charge on any atom is -0.480 e. The van der Waals surface area contributed by atoms with E-state index in [9.17, 15) is 4.79 Å². The Balaban J connectivity index is 2.26. The Morgan fingerprint density at radius 1 is 1.56 bits per heavy atom. The minimum absolute atomic E-state index is 0.0419. The van der Waals surface area contributed by atoms with E-state index in [0.29, 0.717) is 6.54 Å². The number of ether oxygens (including phenoxy) is 1. The Hall–Kier alpha value is -1.07. The number of likely N-dealkylation sites (N-methyl/N-ethyl adjacent to an activating group) is 1. The van der Waals surface area contributed by atoms with Crippen LogP contribution in [0.4, 0.5) is 0 Å². The van der Waals surface area contributed by atoms with Crippen LogP contribution in [0.5, 0.6) is 5.75 Å². The van der Waals surface area contributed by atoms with E-state index in [1.54, 1.807) is 11.9 Å². The fourth-order valence-corrected chi connectivity index (χ4v) is 2.78. The van der Waals surface area contributed by atoms with Crippen LogP contribution in [0.1, 0.15) is 17.5 Å². The molecule has 1 heterocycles. The number of carbonyl (C=O) groups excluding carboxylic acids is 1. The van der Waals surface area contributed by atoms with Crippen molar-refractivity contribution in [3.05, 3.63) is 27.7 Å². The van der Waals surface area contributed by atoms with Crippen LogP contribution in [0.15, 0.2) is 16.6 Å². The molecule has 1 amide bonds. The first-order valence-electron chi connectivity index (χ1n) is 5.93. The Morgan fingerprint density at radius 2 is 2.28 bits per heavy atom. The second-order valence-electron chi connectivity index (χ2n) is 4.57. The van der Waals surface area contributed by atoms with E-state index >= 15 is 0 Å². The quantitative estimate of drug-likeness (QED) is 0.926. The van der Waals surface area contributed by atoms with Gasteiger partial charge in [-0.25, -0.2) is 0 Å². The SMILES string of the molecule is Cc1cc(Br)cc(CN)c1OC1CCN(C)C1=O. The Kier molecular flexibility index (Phi) is 3.92. The molecule has 1 aromatic rings. The number of hydrogen-bond donors (Lipinski definition) is 1. The lowest BCUT2D eigenvalue weighted by molar-refractivity contribution is -0.132. The standard InChI is InChI=1S/C13H17BrN2O2/c1-8-5-10(14)6-9(7-15)12(8)18-11-3-4-16(2)13(11)17/h5-6,11H,3-4,7,15H2,1-2H3. The van der Waals surface area contributed by atoms with Gasteiger partial charge in [0, 0.05) is 36.6 Å². The van der Waals surface area contributed by atoms with Crippen LogP contribution in [-0.4, -0.2) is 30.5 Å². The molecule has 1 saturated heterocycles. The average molecular weight is 313 g/mol. The van der Waals surface area contributed by atoms with E-state index in [-0.39, 0.29) is 12.0 Å². The van der Waals surface area contributed by atoms with Gasteiger partial charge >= 0.3 is 0 Å². The topological polar surface area (TPSA) is 55.6 Å². The molecule has 5 heteroatoms. The summed E-state index contributed by atoms with van der Waals surface area (Å²) in [5.74, 6) is 0.787. The van der Waals surface area contributed by atoms with E-state index in [1.165, 1.54) is 0 Å². The highest BCUT2D eigenvalue weighted by Gasteiger charge is 2.31. The van der Waals surface area contributed by atoms with Crippen LogP contribution in [-0.2, 0) is 11.3 Å². The number of amides is 1. The molecule has 0 aromatic heterocycles. The number of hydrogen-bond acceptors (Lipinski definition) is 3. The molecule has 1 unspecified atom stereocenters. The lowest BCUT2D eigenvalue weighted by Crippen LogP contribution is -2.30. The summed E-state index contributed by atoms with van der Waals surface area (Å²) in [6, 6.07) is 3.91. The van der Waals surface area contributed by atoms with Crippen molar-refractivity contribution in [2.75, 3.05) is 13.6 Å². The predicted octanol–water partition coefficient (Wildman–Crippen LogP) is 1.83. The summed E-state index contributed by atoms with van der Waals surface area (Å²) in [5, 5.41) is 0. The minimum atomic E-state index is -0.375. The summed E-state index contributed by atoms with van der Waals surface area (Å²) in [6.45, 7) is 3.10. The van der Waals surface area contributed by atoms with Gasteiger partial charge in [0.05, 0.1) is 0 Å². The third-order valence-electron chi connectivity index (χ3n) is 3.17. The van der Waals surface area contributed by atoms with Crippen LogP contribution >= 0.6 is 15.9 Å². The molecule has 1 aliphatic heterocycles. The lowest BCUT2D eigenvalue weighted by Gasteiger charge is -2.18. The van der Waals surface area contributed by atoms with E-state index in [2.05, 4.69) is 15.9 Å². The van der Waals surface area contributed by atoms with E-state index < -0.39 is 0 Å². The Morgan fingerprint density at radius 3 is 2.83 bits per heavy atom. The van der Waals surface area contributed by atoms with Gasteiger partial charge in [-0.2, -0.15) is 0 Å². The molecule has 0 saturated carbocycles. The third-order valence-corrected chi connectivity index (χ3v) is 3.63. The lowest BCUT2D eigenvalue weighted by atomic mass is 10.1. The van der Waals surface area contributed by atoms with Gasteiger partial charge in [-0.15, -0.1) is 0 Å². The maximum absolute atomic E-state index is 11.8. The number of halogens is 1. The van der Waals surface area contributed by atoms with Crippen LogP contribution in [0, 0.1) is 6.92 Å². The van der Waals surface area contributed by atoms with Gasteiger partial charge in [0.2, 0.25) is 0 Å². The van der Waals surface area contributed by atoms with Crippen LogP contribution in [0.25, 0.3) is 0 Å². The zero-order valence-corrected chi connectivity index (χ0v) is 12.2. The van der Waals surface area contributed by atoms with Crippen molar-refractivity contribution in [1.29, 1.82) is 0 Å². The molecule has 2 rings (SSSR count). The smallest absolute Gasteiger partial charge is 0.263 e. The third kappa shape index (κ3) is 2.52. The molecular formula is C13H17BrN2O2. The van der Waals surface area contributed by atoms with Gasteiger partial charge in [-0.1, -0.05) is 15.9 Å². The summed E-state index contributed by atoms with van der Waals surface area (Å²) in [7, 11) is 1.80. The van der Waals surface area contributed by atoms with Crippen LogP contribution < -0.4 is 10.5 Å². The first-order valence-corrected chi connectivity index (χ1v) is 6.73. The number of nitrogens with two attached hydrogens (primary N) is 1. The van der Waals surface area contributed by atoms with Crippen molar-refractivity contribution in [1.82, 2.24) is 4.90 Å². The van der Waals surface area contributed by atoms with Crippen molar-refractivity contribution in [3.63, 3.8) is 0 Å². The maximum atomic E-state index is 11.8. The highest BCUT2D eigenvalue weighted by molar-refractivity contribution is 9.10. The molecule has 1 aromatic carbocycles. The summed E-state index contributed by atoms with van der Waals surface area (Å²) in [4.78, 5) is 13.5. The first kappa shape index (κ1) is 13.4. The zero-order valence-electron chi connectivity index (χ0n) is 10.6. The van der Waals surface area contributed by atoms with Crippen LogP contribution in [0.3, 0.4) is 0 Å². The number of rotatable bonds is 3. The summed E-state index contributed by atoms with van der Waals surface area (Å²) < 4.78 is 6.85. The largest absolute Gasteiger partial charge is 0.480 e. The first-order chi connectivity index (χ1) is 8.52. The predicted molar refractivity (Wildman–Crippen MR) is 73.4 cm³/mol. The number of likely N-dealkylation sites (tertiary alicyclic amines) is 1. The molecule has 4 nitrogen and oxygen atoms in total. The number of benzene rings is 1. The molecular weight excluding hydrogens is 296 g/mol. The van der Waals surface area contributed by atoms with Crippen molar-refractivity contribution in [2.45, 2.75) is 26.0 Å². The van der Waals surface area contributed by atoms with E-state index in [0.717, 1.165) is 34.3 Å². The molecule has 0 bridgehead atoms. The highest BCUT2D eigenvalue weighted by atomic mass is 79.9. The molecule has 0 aliphatic carbocycles. The van der Waals surface area contributed by atoms with Crippen molar-refractivity contribution < 1.29 is 9.53 Å². The maximum Gasteiger partial charge on any atom is 0.263 e. The highest BCUT2D eigenvalue weighted by Crippen LogP contribution is 2.30. The molecule has 1 aliphatic rings. The molecule has 1 atom stereocenters. The molecule has 1 fully saturated rings. The number of carbonyl (C=O) groups is 1. The molecule has 2 N–H and O–H groups in total. The van der Waals surface area contributed by atoms with Gasteiger partial charge in [0.25, 0.3) is 5.91 Å². The number of aryl methyl sites for hydroxylation is 1. The Labute approximate surface area is 115 Å². The van der Waals surface area contributed by atoms with Gasteiger partial charge in [0.15, 0.2) is 6.10 Å². The fraction of sp³-hybridized carbons (Fsp3) is 0.462. The van der Waals surface area contributed by atoms with Crippen molar-refractivity contribution >= 4 is 21.8 Å². The summed E-state index contributed by atoms with van der Waals surface area (Å²) >= 11 is 3.44. The monoisotopic (exact) mass is 312 g/mol. The Bertz CT molecular complexity index is 476. The van der Waals surface area contributed by atoms with Crippen molar-refractivity contribution in [3.8, 4) is 5.75 Å². The molecule has 0 spiro atoms. The number of nitrogens with zero attached hydrogens (tertiary/aromatic N) is 1. The molecule has 18 heavy (non-hydrogen) atoms. The van der Waals surface area contributed by atoms with E-state index in [1.807, 2.05) is 19.1 Å². The van der Waals surface area contributed by atoms with Crippen molar-refractivity contribution in [2.24, 2.45) is 5.73 Å². The second-order valence-corrected chi connectivity index (χ2v) is 5.49. The van der Waals surface area contributed by atoms with Gasteiger partial charge in [-0.3, -0.25) is 4.79 Å². The second kappa shape index (κ2) is 5.28. The zero-order chi connectivity index (χ0) is 13.3. The normalized spacial score (nSPS) is 19.4. The fourth-order valence-electron chi connectivity index (χ4n) is 2.16. The summed E-state index contributed by atoms with van der Waals surface area (Å²) in [6.07, 6.45) is 0.356. The van der Waals surface area contributed by atoms with E-state index in [4.69, 9.17) is 10.5 Å². The molecule has 0 radical (unpaired) electrons. The van der Waals surface area contributed by atoms with Gasteiger partial charge in [-0.05, 0) is 24.6 Å². The average Bonchev–Trinajstić information content (AvgIpc) is 2.63. The van der Waals surface area contributed by atoms with Gasteiger partial charge < -0.3 is 15.4 Å².